The molecule has 1 nitrogen and oxygen atoms in total. The molecule has 1 aromatic heterocycles. The molecule has 17 heavy (non-hydrogen) atoms. The standard InChI is InChI=1S/C14H13BrOS/c1-3-12(16)14-7-6-13(17-14)11-8-10(15)5-4-9(11)2/h4-8H,3H2,1-2H3. The molecule has 0 aliphatic heterocycles. The van der Waals surface area contributed by atoms with Crippen molar-refractivity contribution >= 4 is 33.0 Å². The normalized spacial score (nSPS) is 10.5. The number of benzene rings is 1. The zero-order valence-corrected chi connectivity index (χ0v) is 12.2. The van der Waals surface area contributed by atoms with Gasteiger partial charge in [0.05, 0.1) is 4.88 Å². The summed E-state index contributed by atoms with van der Waals surface area (Å²) in [6, 6.07) is 10.2. The number of rotatable bonds is 3. The second-order valence-corrected chi connectivity index (χ2v) is 5.90. The highest BCUT2D eigenvalue weighted by atomic mass is 79.9. The molecule has 0 aliphatic carbocycles. The molecule has 0 unspecified atom stereocenters. The Balaban J connectivity index is 2.43. The molecule has 0 aliphatic rings. The van der Waals surface area contributed by atoms with E-state index in [1.807, 2.05) is 25.1 Å². The lowest BCUT2D eigenvalue weighted by Crippen LogP contribution is -1.90. The quantitative estimate of drug-likeness (QED) is 0.723. The first kappa shape index (κ1) is 12.5. The van der Waals surface area contributed by atoms with Crippen molar-refractivity contribution in [1.82, 2.24) is 0 Å². The molecule has 0 fully saturated rings. The van der Waals surface area contributed by atoms with Crippen LogP contribution in [0.15, 0.2) is 34.8 Å². The average Bonchev–Trinajstić information content (AvgIpc) is 2.80. The summed E-state index contributed by atoms with van der Waals surface area (Å²) in [4.78, 5) is 13.6. The van der Waals surface area contributed by atoms with Gasteiger partial charge >= 0.3 is 0 Å². The lowest BCUT2D eigenvalue weighted by molar-refractivity contribution is 0.0992. The molecular weight excluding hydrogens is 296 g/mol. The maximum Gasteiger partial charge on any atom is 0.172 e. The zero-order valence-electron chi connectivity index (χ0n) is 9.79. The fraction of sp³-hybridized carbons (Fsp3) is 0.214. The van der Waals surface area contributed by atoms with Crippen molar-refractivity contribution < 1.29 is 4.79 Å². The van der Waals surface area contributed by atoms with Crippen molar-refractivity contribution in [3.63, 3.8) is 0 Å². The molecule has 0 saturated carbocycles. The molecule has 0 amide bonds. The van der Waals surface area contributed by atoms with Gasteiger partial charge in [0.25, 0.3) is 0 Å². The van der Waals surface area contributed by atoms with Crippen LogP contribution in [0.3, 0.4) is 0 Å². The van der Waals surface area contributed by atoms with Gasteiger partial charge in [0.15, 0.2) is 5.78 Å². The molecule has 0 spiro atoms. The van der Waals surface area contributed by atoms with E-state index in [1.165, 1.54) is 11.1 Å². The van der Waals surface area contributed by atoms with Crippen LogP contribution in [0.2, 0.25) is 0 Å². The molecule has 2 rings (SSSR count). The second-order valence-electron chi connectivity index (χ2n) is 3.90. The lowest BCUT2D eigenvalue weighted by Gasteiger charge is -2.03. The number of carbonyl (C=O) groups is 1. The van der Waals surface area contributed by atoms with E-state index in [0.29, 0.717) is 6.42 Å². The summed E-state index contributed by atoms with van der Waals surface area (Å²) in [7, 11) is 0. The average molecular weight is 309 g/mol. The maximum absolute atomic E-state index is 11.6. The summed E-state index contributed by atoms with van der Waals surface area (Å²) in [6.07, 6.45) is 0.567. The van der Waals surface area contributed by atoms with Crippen LogP contribution in [-0.4, -0.2) is 5.78 Å². The van der Waals surface area contributed by atoms with Gasteiger partial charge in [0, 0.05) is 15.8 Å². The minimum absolute atomic E-state index is 0.217. The predicted octanol–water partition coefficient (Wildman–Crippen LogP) is 5.08. The van der Waals surface area contributed by atoms with Crippen LogP contribution in [0, 0.1) is 6.92 Å². The second kappa shape index (κ2) is 5.15. The highest BCUT2D eigenvalue weighted by Crippen LogP contribution is 2.32. The summed E-state index contributed by atoms with van der Waals surface area (Å²) >= 11 is 5.05. The monoisotopic (exact) mass is 308 g/mol. The Morgan fingerprint density at radius 2 is 2.06 bits per heavy atom. The Morgan fingerprint density at radius 3 is 2.76 bits per heavy atom. The molecule has 88 valence electrons. The van der Waals surface area contributed by atoms with E-state index < -0.39 is 0 Å². The van der Waals surface area contributed by atoms with Gasteiger partial charge in [-0.25, -0.2) is 0 Å². The largest absolute Gasteiger partial charge is 0.293 e. The van der Waals surface area contributed by atoms with Crippen molar-refractivity contribution in [2.45, 2.75) is 20.3 Å². The van der Waals surface area contributed by atoms with Crippen molar-refractivity contribution in [2.24, 2.45) is 0 Å². The molecule has 2 aromatic rings. The number of carbonyl (C=O) groups excluding carboxylic acids is 1. The predicted molar refractivity (Wildman–Crippen MR) is 76.8 cm³/mol. The summed E-state index contributed by atoms with van der Waals surface area (Å²) in [5, 5.41) is 0. The van der Waals surface area contributed by atoms with E-state index >= 15 is 0 Å². The third kappa shape index (κ3) is 2.67. The highest BCUT2D eigenvalue weighted by molar-refractivity contribution is 9.10. The highest BCUT2D eigenvalue weighted by Gasteiger charge is 2.10. The molecule has 0 radical (unpaired) electrons. The van der Waals surface area contributed by atoms with Gasteiger partial charge in [0.1, 0.15) is 0 Å². The number of ketones is 1. The first-order valence-electron chi connectivity index (χ1n) is 5.51. The Hall–Kier alpha value is -0.930. The molecule has 1 aromatic carbocycles. The lowest BCUT2D eigenvalue weighted by atomic mass is 10.1. The SMILES string of the molecule is CCC(=O)c1ccc(-c2cc(Br)ccc2C)s1. The van der Waals surface area contributed by atoms with Gasteiger partial charge in [-0.1, -0.05) is 28.9 Å². The van der Waals surface area contributed by atoms with Crippen LogP contribution >= 0.6 is 27.3 Å². The van der Waals surface area contributed by atoms with Crippen LogP contribution in [0.25, 0.3) is 10.4 Å². The minimum Gasteiger partial charge on any atom is -0.293 e. The Labute approximate surface area is 114 Å². The zero-order chi connectivity index (χ0) is 12.4. The Morgan fingerprint density at radius 1 is 1.29 bits per heavy atom. The van der Waals surface area contributed by atoms with Gasteiger partial charge in [-0.15, -0.1) is 11.3 Å². The molecule has 1 heterocycles. The van der Waals surface area contributed by atoms with Gasteiger partial charge in [-0.2, -0.15) is 0 Å². The summed E-state index contributed by atoms with van der Waals surface area (Å²) in [6.45, 7) is 3.98. The summed E-state index contributed by atoms with van der Waals surface area (Å²) < 4.78 is 1.06. The number of aryl methyl sites for hydroxylation is 1. The number of hydrogen-bond acceptors (Lipinski definition) is 2. The van der Waals surface area contributed by atoms with Crippen molar-refractivity contribution in [2.75, 3.05) is 0 Å². The fourth-order valence-electron chi connectivity index (χ4n) is 1.67. The molecule has 0 bridgehead atoms. The van der Waals surface area contributed by atoms with Gasteiger partial charge < -0.3 is 0 Å². The van der Waals surface area contributed by atoms with Crippen molar-refractivity contribution in [3.8, 4) is 10.4 Å². The molecule has 3 heteroatoms. The molecule has 0 saturated heterocycles. The third-order valence-electron chi connectivity index (χ3n) is 2.67. The Kier molecular flexibility index (Phi) is 3.79. The number of halogens is 1. The van der Waals surface area contributed by atoms with E-state index in [4.69, 9.17) is 0 Å². The van der Waals surface area contributed by atoms with Gasteiger partial charge in [-0.3, -0.25) is 4.79 Å². The maximum atomic E-state index is 11.6. The van der Waals surface area contributed by atoms with Crippen molar-refractivity contribution in [3.05, 3.63) is 45.2 Å². The molecule has 0 atom stereocenters. The van der Waals surface area contributed by atoms with E-state index in [9.17, 15) is 4.79 Å². The Bertz CT molecular complexity index is 557. The molecular formula is C14H13BrOS. The number of thiophene rings is 1. The topological polar surface area (TPSA) is 17.1 Å². The summed E-state index contributed by atoms with van der Waals surface area (Å²) in [5.74, 6) is 0.217. The first-order chi connectivity index (χ1) is 8.11. The third-order valence-corrected chi connectivity index (χ3v) is 4.32. The molecule has 0 N–H and O–H groups in total. The van der Waals surface area contributed by atoms with Crippen LogP contribution in [-0.2, 0) is 0 Å². The van der Waals surface area contributed by atoms with Crippen LogP contribution in [0.4, 0.5) is 0 Å². The van der Waals surface area contributed by atoms with E-state index in [0.717, 1.165) is 14.2 Å². The summed E-state index contributed by atoms with van der Waals surface area (Å²) in [5.41, 5.74) is 2.42. The van der Waals surface area contributed by atoms with Gasteiger partial charge in [0.2, 0.25) is 0 Å². The van der Waals surface area contributed by atoms with E-state index in [1.54, 1.807) is 11.3 Å². The fourth-order valence-corrected chi connectivity index (χ4v) is 3.12. The van der Waals surface area contributed by atoms with Crippen LogP contribution < -0.4 is 0 Å². The van der Waals surface area contributed by atoms with Crippen LogP contribution in [0.5, 0.6) is 0 Å². The van der Waals surface area contributed by atoms with Crippen LogP contribution in [0.1, 0.15) is 28.6 Å². The van der Waals surface area contributed by atoms with E-state index in [2.05, 4.69) is 35.0 Å². The van der Waals surface area contributed by atoms with E-state index in [-0.39, 0.29) is 5.78 Å². The first-order valence-corrected chi connectivity index (χ1v) is 7.12. The number of Topliss-reactive ketones (excluding diaryl/α,β-unsaturated/α-hetero) is 1. The minimum atomic E-state index is 0.217. The van der Waals surface area contributed by atoms with Gasteiger partial charge in [-0.05, 0) is 42.3 Å². The number of hydrogen-bond donors (Lipinski definition) is 0. The smallest absolute Gasteiger partial charge is 0.172 e. The van der Waals surface area contributed by atoms with Crippen molar-refractivity contribution in [1.29, 1.82) is 0 Å².